The fourth-order valence-electron chi connectivity index (χ4n) is 9.57. The number of likely N-dealkylation sites (N-methyl/N-ethyl adjacent to an activating group) is 1. The molecule has 0 spiro atoms. The second-order valence-corrected chi connectivity index (χ2v) is 19.3. The van der Waals surface area contributed by atoms with Crippen molar-refractivity contribution in [2.24, 2.45) is 0 Å². The maximum atomic E-state index is 16.3. The van der Waals surface area contributed by atoms with Crippen molar-refractivity contribution < 1.29 is 37.3 Å². The lowest BCUT2D eigenvalue weighted by atomic mass is 10.0. The highest BCUT2D eigenvalue weighted by Gasteiger charge is 2.33. The number of benzene rings is 2. The van der Waals surface area contributed by atoms with Crippen molar-refractivity contribution in [1.82, 2.24) is 43.9 Å². The molecule has 0 radical (unpaired) electrons. The first kappa shape index (κ1) is 46.4. The van der Waals surface area contributed by atoms with Gasteiger partial charge in [-0.25, -0.2) is 27.8 Å². The molecule has 2 atom stereocenters. The number of likely N-dealkylation sites (tertiary alicyclic amines) is 2. The van der Waals surface area contributed by atoms with Gasteiger partial charge in [-0.2, -0.15) is 10.2 Å². The molecule has 10 rings (SSSR count). The molecule has 8 aromatic rings. The molecule has 4 N–H and O–H groups in total. The monoisotopic (exact) mass is 989 g/mol. The van der Waals surface area contributed by atoms with E-state index in [0.717, 1.165) is 38.7 Å². The summed E-state index contributed by atoms with van der Waals surface area (Å²) < 4.78 is 59.1. The number of anilines is 2. The highest BCUT2D eigenvalue weighted by Crippen LogP contribution is 2.48. The Labute approximate surface area is 408 Å². The number of ether oxygens (including phenoxy) is 4. The number of thiophene rings is 2. The van der Waals surface area contributed by atoms with Crippen LogP contribution in [0.2, 0.25) is 0 Å². The zero-order valence-corrected chi connectivity index (χ0v) is 40.4. The Bertz CT molecular complexity index is 3400. The van der Waals surface area contributed by atoms with Gasteiger partial charge in [0, 0.05) is 112 Å². The van der Waals surface area contributed by atoms with Crippen LogP contribution in [0.4, 0.5) is 20.4 Å². The SMILES string of the molecule is C=CC(=O)N1CCC(c2cc(-c3cc4c(F)c(OCCN(C)C/C=C/C(=O)N5CCC(c6cc(-c7cc8c(F)c(OC)cc(OC)c8s7)c7c(N)ncnn67)C5)cc(OC)c4s3)c3c(N)ncnn23)C1. The molecule has 2 unspecified atom stereocenters. The largest absolute Gasteiger partial charge is 0.495 e. The number of carbonyl (C=O) groups is 2. The Kier molecular flexibility index (Phi) is 12.5. The summed E-state index contributed by atoms with van der Waals surface area (Å²) in [5, 5.41) is 9.78. The molecule has 17 nitrogen and oxygen atoms in total. The number of halogens is 2. The van der Waals surface area contributed by atoms with Gasteiger partial charge < -0.3 is 40.2 Å². The molecule has 70 heavy (non-hydrogen) atoms. The lowest BCUT2D eigenvalue weighted by molar-refractivity contribution is -0.125. The lowest BCUT2D eigenvalue weighted by Crippen LogP contribution is -2.28. The standard InChI is InChI=1S/C49H49F2N11O6S2/c1-6-40(63)59-12-9-26(22-59)32-16-29(45-49(53)54-24-56-61(32)45)39-19-31-43(51)35(21-37(67-5)47(31)70-39)68-15-14-58(2)11-7-8-41(64)60-13-10-27(23-60)33-17-28(44-48(52)55-25-57-62(33)44)38-18-30-42(50)34(65-3)20-36(66-4)46(30)69-38/h6-8,16-21,24-27H,1,9-15,22-23H2,2-5H3,(H2,52,55,57)(H2,53,54,56)/b8-7+. The number of nitrogen functional groups attached to an aromatic ring is 2. The number of amides is 2. The molecular formula is C49H49F2N11O6S2. The van der Waals surface area contributed by atoms with E-state index in [2.05, 4.69) is 26.7 Å². The van der Waals surface area contributed by atoms with Crippen LogP contribution in [-0.2, 0) is 9.59 Å². The van der Waals surface area contributed by atoms with Gasteiger partial charge >= 0.3 is 0 Å². The van der Waals surface area contributed by atoms with Crippen LogP contribution in [0.3, 0.4) is 0 Å². The number of hydrogen-bond acceptors (Lipinski definition) is 15. The van der Waals surface area contributed by atoms with Gasteiger partial charge in [-0.1, -0.05) is 12.7 Å². The Morgan fingerprint density at radius 1 is 0.757 bits per heavy atom. The number of methoxy groups -OCH3 is 3. The van der Waals surface area contributed by atoms with Crippen molar-refractivity contribution >= 4 is 77.3 Å². The summed E-state index contributed by atoms with van der Waals surface area (Å²) in [4.78, 5) is 41.4. The highest BCUT2D eigenvalue weighted by atomic mass is 32.1. The van der Waals surface area contributed by atoms with Crippen LogP contribution in [0.15, 0.2) is 73.9 Å². The Hall–Kier alpha value is -7.36. The average molecular weight is 990 g/mol. The van der Waals surface area contributed by atoms with Crippen LogP contribution in [0, 0.1) is 11.6 Å². The maximum absolute atomic E-state index is 16.3. The van der Waals surface area contributed by atoms with E-state index in [1.165, 1.54) is 68.8 Å². The van der Waals surface area contributed by atoms with Gasteiger partial charge in [0.15, 0.2) is 34.8 Å². The molecule has 8 heterocycles. The Morgan fingerprint density at radius 2 is 1.26 bits per heavy atom. The van der Waals surface area contributed by atoms with Crippen molar-refractivity contribution in [3.8, 4) is 43.9 Å². The molecule has 6 aromatic heterocycles. The lowest BCUT2D eigenvalue weighted by Gasteiger charge is -2.17. The molecule has 0 aliphatic carbocycles. The van der Waals surface area contributed by atoms with Crippen LogP contribution in [0.25, 0.3) is 52.1 Å². The molecule has 21 heteroatoms. The van der Waals surface area contributed by atoms with E-state index >= 15 is 8.78 Å². The van der Waals surface area contributed by atoms with Crippen LogP contribution in [-0.4, -0.2) is 130 Å². The van der Waals surface area contributed by atoms with E-state index < -0.39 is 11.6 Å². The van der Waals surface area contributed by atoms with Gasteiger partial charge in [0.25, 0.3) is 0 Å². The fourth-order valence-corrected chi connectivity index (χ4v) is 11.9. The molecular weight excluding hydrogens is 941 g/mol. The maximum Gasteiger partial charge on any atom is 0.246 e. The number of carbonyl (C=O) groups excluding carboxylic acids is 2. The number of fused-ring (bicyclic) bond motifs is 4. The van der Waals surface area contributed by atoms with Gasteiger partial charge in [0.1, 0.15) is 41.8 Å². The van der Waals surface area contributed by atoms with Crippen molar-refractivity contribution in [1.29, 1.82) is 0 Å². The van der Waals surface area contributed by atoms with Crippen molar-refractivity contribution in [2.75, 3.05) is 85.7 Å². The van der Waals surface area contributed by atoms with Gasteiger partial charge in [0.2, 0.25) is 11.8 Å². The third kappa shape index (κ3) is 8.15. The highest BCUT2D eigenvalue weighted by molar-refractivity contribution is 7.23. The number of nitrogens with two attached hydrogens (primary N) is 2. The summed E-state index contributed by atoms with van der Waals surface area (Å²) in [7, 11) is 6.37. The number of rotatable bonds is 15. The second kappa shape index (κ2) is 18.9. The van der Waals surface area contributed by atoms with E-state index in [1.807, 2.05) is 24.1 Å². The molecule has 2 aliphatic heterocycles. The molecule has 2 aliphatic rings. The molecule has 2 amide bonds. The second-order valence-electron chi connectivity index (χ2n) is 17.2. The van der Waals surface area contributed by atoms with E-state index in [9.17, 15) is 9.59 Å². The first-order valence-electron chi connectivity index (χ1n) is 22.5. The van der Waals surface area contributed by atoms with E-state index in [-0.39, 0.29) is 53.4 Å². The minimum Gasteiger partial charge on any atom is -0.495 e. The minimum absolute atomic E-state index is 0.00384. The summed E-state index contributed by atoms with van der Waals surface area (Å²) in [5.74, 6) is 0.364. The molecule has 0 bridgehead atoms. The summed E-state index contributed by atoms with van der Waals surface area (Å²) in [6, 6.07) is 10.6. The summed E-state index contributed by atoms with van der Waals surface area (Å²) in [6.07, 6.45) is 8.95. The number of hydrogen-bond donors (Lipinski definition) is 2. The van der Waals surface area contributed by atoms with Crippen molar-refractivity contribution in [2.45, 2.75) is 24.7 Å². The third-order valence-corrected chi connectivity index (χ3v) is 15.5. The van der Waals surface area contributed by atoms with Gasteiger partial charge in [-0.15, -0.1) is 22.7 Å². The normalized spacial score (nSPS) is 16.3. The topological polar surface area (TPSA) is 193 Å². The first-order valence-corrected chi connectivity index (χ1v) is 24.1. The minimum atomic E-state index is -0.518. The zero-order valence-electron chi connectivity index (χ0n) is 38.8. The van der Waals surface area contributed by atoms with Gasteiger partial charge in [-0.05, 0) is 50.2 Å². The fraction of sp³-hybridized carbons (Fsp3) is 0.306. The predicted molar refractivity (Wildman–Crippen MR) is 266 cm³/mol. The van der Waals surface area contributed by atoms with Crippen LogP contribution in [0.5, 0.6) is 23.0 Å². The molecule has 2 aromatic carbocycles. The van der Waals surface area contributed by atoms with Crippen molar-refractivity contribution in [3.05, 3.63) is 96.9 Å². The van der Waals surface area contributed by atoms with E-state index in [1.54, 1.807) is 49.2 Å². The molecule has 362 valence electrons. The van der Waals surface area contributed by atoms with E-state index in [0.29, 0.717) is 88.4 Å². The number of aromatic nitrogens is 6. The zero-order chi connectivity index (χ0) is 49.0. The van der Waals surface area contributed by atoms with Crippen LogP contribution < -0.4 is 30.4 Å². The molecule has 2 saturated heterocycles. The summed E-state index contributed by atoms with van der Waals surface area (Å²) >= 11 is 2.74. The van der Waals surface area contributed by atoms with Gasteiger partial charge in [0.05, 0.1) is 30.7 Å². The third-order valence-electron chi connectivity index (χ3n) is 13.2. The van der Waals surface area contributed by atoms with Crippen LogP contribution in [0.1, 0.15) is 36.1 Å². The quantitative estimate of drug-likeness (QED) is 0.0968. The van der Waals surface area contributed by atoms with Crippen LogP contribution >= 0.6 is 22.7 Å². The summed E-state index contributed by atoms with van der Waals surface area (Å²) in [5.41, 5.74) is 17.3. The molecule has 0 saturated carbocycles. The van der Waals surface area contributed by atoms with E-state index in [4.69, 9.17) is 30.4 Å². The first-order chi connectivity index (χ1) is 33.9. The predicted octanol–water partition coefficient (Wildman–Crippen LogP) is 7.39. The molecule has 2 fully saturated rings. The number of nitrogens with zero attached hydrogens (tertiary/aromatic N) is 9. The Morgan fingerprint density at radius 3 is 1.77 bits per heavy atom. The summed E-state index contributed by atoms with van der Waals surface area (Å²) in [6.45, 7) is 6.80. The average Bonchev–Trinajstić information content (AvgIpc) is 4.23. The smallest absolute Gasteiger partial charge is 0.246 e. The van der Waals surface area contributed by atoms with Crippen molar-refractivity contribution in [3.63, 3.8) is 0 Å². The Balaban J connectivity index is 0.787. The van der Waals surface area contributed by atoms with Gasteiger partial charge in [-0.3, -0.25) is 14.5 Å².